The van der Waals surface area contributed by atoms with E-state index in [1.165, 1.54) is 0 Å². The van der Waals surface area contributed by atoms with Crippen LogP contribution in [0, 0.1) is 18.2 Å². The Hall–Kier alpha value is -2.51. The molecule has 1 amide bonds. The first-order valence-corrected chi connectivity index (χ1v) is 7.77. The first-order chi connectivity index (χ1) is 12.5. The largest absolute Gasteiger partial charge is 0.573 e. The molecule has 0 unspecified atom stereocenters. The fourth-order valence-corrected chi connectivity index (χ4v) is 2.94. The molecular formula is C16H12ClF4NO5. The van der Waals surface area contributed by atoms with E-state index in [1.807, 2.05) is 0 Å². The molecule has 146 valence electrons. The molecule has 1 heterocycles. The van der Waals surface area contributed by atoms with Crippen LogP contribution in [0.3, 0.4) is 0 Å². The molecular weight excluding hydrogens is 398 g/mol. The van der Waals surface area contributed by atoms with Gasteiger partial charge in [0, 0.05) is 26.1 Å². The van der Waals surface area contributed by atoms with Gasteiger partial charge in [-0.2, -0.15) is 0 Å². The number of benzene rings is 1. The van der Waals surface area contributed by atoms with Gasteiger partial charge in [0.15, 0.2) is 17.1 Å². The van der Waals surface area contributed by atoms with E-state index in [1.54, 1.807) is 5.92 Å². The maximum Gasteiger partial charge on any atom is 0.573 e. The average molecular weight is 410 g/mol. The molecule has 0 aromatic heterocycles. The van der Waals surface area contributed by atoms with Crippen LogP contribution < -0.4 is 9.64 Å². The summed E-state index contributed by atoms with van der Waals surface area (Å²) in [5, 5.41) is 8.61. The number of carbonyl (C=O) groups is 2. The zero-order valence-corrected chi connectivity index (χ0v) is 14.2. The number of carboxylic acids is 1. The molecule has 1 aliphatic heterocycles. The molecule has 1 aliphatic rings. The third kappa shape index (κ3) is 4.09. The zero-order valence-electron chi connectivity index (χ0n) is 13.5. The lowest BCUT2D eigenvalue weighted by Crippen LogP contribution is -2.60. The highest BCUT2D eigenvalue weighted by molar-refractivity contribution is 6.32. The SMILES string of the molecule is C#CC(=O)N(c1ccc(OC(F)(F)F)c(Cl)c1F)C1(C(=O)O)CCOCC1. The van der Waals surface area contributed by atoms with E-state index in [4.69, 9.17) is 22.8 Å². The number of hydrogen-bond donors (Lipinski definition) is 1. The number of alkyl halides is 3. The standard InChI is InChI=1S/C16H12ClF4NO5/c1-2-11(23)22(15(14(24)25)5-7-26-8-6-15)9-3-4-10(12(17)13(9)18)27-16(19,20)21/h1,3-4H,5-8H2,(H,24,25). The molecule has 0 saturated carbocycles. The van der Waals surface area contributed by atoms with Crippen LogP contribution in [0.4, 0.5) is 23.2 Å². The number of carboxylic acid groups (broad SMARTS) is 1. The molecule has 1 fully saturated rings. The summed E-state index contributed by atoms with van der Waals surface area (Å²) < 4.78 is 60.5. The number of terminal acetylenes is 1. The number of hydrogen-bond acceptors (Lipinski definition) is 4. The summed E-state index contributed by atoms with van der Waals surface area (Å²) in [6, 6.07) is 1.41. The summed E-state index contributed by atoms with van der Waals surface area (Å²) in [6.07, 6.45) is -0.476. The molecule has 0 atom stereocenters. The highest BCUT2D eigenvalue weighted by Gasteiger charge is 2.49. The lowest BCUT2D eigenvalue weighted by atomic mass is 9.87. The summed E-state index contributed by atoms with van der Waals surface area (Å²) in [6.45, 7) is -0.101. The van der Waals surface area contributed by atoms with Crippen molar-refractivity contribution in [2.24, 2.45) is 0 Å². The highest BCUT2D eigenvalue weighted by atomic mass is 35.5. The second-order valence-electron chi connectivity index (χ2n) is 5.49. The van der Waals surface area contributed by atoms with Crippen molar-refractivity contribution in [3.05, 3.63) is 23.0 Å². The van der Waals surface area contributed by atoms with Gasteiger partial charge in [0.1, 0.15) is 5.02 Å². The number of aliphatic carboxylic acids is 1. The Labute approximate surface area is 155 Å². The van der Waals surface area contributed by atoms with Crippen molar-refractivity contribution in [1.82, 2.24) is 0 Å². The number of halogens is 5. The molecule has 0 spiro atoms. The second kappa shape index (κ2) is 7.62. The lowest BCUT2D eigenvalue weighted by Gasteiger charge is -2.42. The molecule has 6 nitrogen and oxygen atoms in total. The summed E-state index contributed by atoms with van der Waals surface area (Å²) >= 11 is 5.60. The van der Waals surface area contributed by atoms with E-state index in [2.05, 4.69) is 4.74 Å². The minimum Gasteiger partial charge on any atom is -0.479 e. The van der Waals surface area contributed by atoms with Crippen molar-refractivity contribution < 1.29 is 41.7 Å². The maximum absolute atomic E-state index is 14.7. The Morgan fingerprint density at radius 1 is 1.33 bits per heavy atom. The number of rotatable bonds is 4. The molecule has 1 aromatic rings. The first-order valence-electron chi connectivity index (χ1n) is 7.39. The Morgan fingerprint density at radius 3 is 2.41 bits per heavy atom. The Morgan fingerprint density at radius 2 is 1.93 bits per heavy atom. The van der Waals surface area contributed by atoms with Gasteiger partial charge in [-0.1, -0.05) is 11.6 Å². The van der Waals surface area contributed by atoms with Crippen molar-refractivity contribution in [2.45, 2.75) is 24.7 Å². The topological polar surface area (TPSA) is 76.1 Å². The smallest absolute Gasteiger partial charge is 0.479 e. The minimum absolute atomic E-state index is 0.0503. The van der Waals surface area contributed by atoms with E-state index in [0.717, 1.165) is 6.07 Å². The van der Waals surface area contributed by atoms with Gasteiger partial charge in [-0.05, 0) is 18.1 Å². The van der Waals surface area contributed by atoms with Crippen LogP contribution in [0.25, 0.3) is 0 Å². The van der Waals surface area contributed by atoms with Gasteiger partial charge < -0.3 is 14.6 Å². The Kier molecular flexibility index (Phi) is 5.87. The van der Waals surface area contributed by atoms with E-state index in [0.29, 0.717) is 11.0 Å². The number of anilines is 1. The first kappa shape index (κ1) is 20.8. The maximum atomic E-state index is 14.7. The van der Waals surface area contributed by atoms with Gasteiger partial charge in [0.05, 0.1) is 5.69 Å². The van der Waals surface area contributed by atoms with E-state index in [-0.39, 0.29) is 26.1 Å². The summed E-state index contributed by atoms with van der Waals surface area (Å²) in [5.74, 6) is -3.49. The molecule has 27 heavy (non-hydrogen) atoms. The van der Waals surface area contributed by atoms with Crippen molar-refractivity contribution in [1.29, 1.82) is 0 Å². The van der Waals surface area contributed by atoms with Gasteiger partial charge in [-0.3, -0.25) is 9.69 Å². The fourth-order valence-electron chi connectivity index (χ4n) is 2.74. The van der Waals surface area contributed by atoms with Gasteiger partial charge >= 0.3 is 18.2 Å². The van der Waals surface area contributed by atoms with Crippen LogP contribution in [-0.4, -0.2) is 42.1 Å². The third-order valence-corrected chi connectivity index (χ3v) is 4.32. The average Bonchev–Trinajstić information content (AvgIpc) is 2.60. The summed E-state index contributed by atoms with van der Waals surface area (Å²) in [7, 11) is 0. The van der Waals surface area contributed by atoms with Crippen LogP contribution in [0.5, 0.6) is 5.75 Å². The second-order valence-corrected chi connectivity index (χ2v) is 5.87. The third-order valence-electron chi connectivity index (χ3n) is 3.97. The normalized spacial score (nSPS) is 16.3. The monoisotopic (exact) mass is 409 g/mol. The predicted octanol–water partition coefficient (Wildman–Crippen LogP) is 2.98. The summed E-state index contributed by atoms with van der Waals surface area (Å²) in [5.41, 5.74) is -2.63. The quantitative estimate of drug-likeness (QED) is 0.611. The molecule has 1 saturated heterocycles. The van der Waals surface area contributed by atoms with E-state index < -0.39 is 46.1 Å². The minimum atomic E-state index is -5.13. The van der Waals surface area contributed by atoms with Gasteiger partial charge in [-0.25, -0.2) is 9.18 Å². The molecule has 0 aliphatic carbocycles. The summed E-state index contributed by atoms with van der Waals surface area (Å²) in [4.78, 5) is 24.7. The number of amides is 1. The Balaban J connectivity index is 2.62. The van der Waals surface area contributed by atoms with Gasteiger partial charge in [0.25, 0.3) is 0 Å². The molecule has 11 heteroatoms. The van der Waals surface area contributed by atoms with Crippen molar-refractivity contribution in [3.8, 4) is 18.1 Å². The fraction of sp³-hybridized carbons (Fsp3) is 0.375. The lowest BCUT2D eigenvalue weighted by molar-refractivity contribution is -0.274. The van der Waals surface area contributed by atoms with Crippen LogP contribution in [0.1, 0.15) is 12.8 Å². The van der Waals surface area contributed by atoms with Crippen molar-refractivity contribution >= 4 is 29.2 Å². The number of nitrogens with zero attached hydrogens (tertiary/aromatic N) is 1. The zero-order chi connectivity index (χ0) is 20.4. The van der Waals surface area contributed by atoms with Crippen LogP contribution in [-0.2, 0) is 14.3 Å². The van der Waals surface area contributed by atoms with E-state index >= 15 is 0 Å². The van der Waals surface area contributed by atoms with Crippen LogP contribution >= 0.6 is 11.6 Å². The van der Waals surface area contributed by atoms with Gasteiger partial charge in [-0.15, -0.1) is 19.6 Å². The van der Waals surface area contributed by atoms with Gasteiger partial charge in [0.2, 0.25) is 0 Å². The highest BCUT2D eigenvalue weighted by Crippen LogP contribution is 2.40. The Bertz CT molecular complexity index is 799. The van der Waals surface area contributed by atoms with Crippen molar-refractivity contribution in [2.75, 3.05) is 18.1 Å². The van der Waals surface area contributed by atoms with Crippen LogP contribution in [0.2, 0.25) is 5.02 Å². The molecule has 1 N–H and O–H groups in total. The molecule has 2 rings (SSSR count). The van der Waals surface area contributed by atoms with E-state index in [9.17, 15) is 32.3 Å². The molecule has 1 aromatic carbocycles. The number of ether oxygens (including phenoxy) is 2. The molecule has 0 bridgehead atoms. The number of carbonyl (C=O) groups excluding carboxylic acids is 1. The molecule has 0 radical (unpaired) electrons. The van der Waals surface area contributed by atoms with Crippen LogP contribution in [0.15, 0.2) is 12.1 Å². The van der Waals surface area contributed by atoms with Crippen molar-refractivity contribution in [3.63, 3.8) is 0 Å². The predicted molar refractivity (Wildman–Crippen MR) is 84.8 cm³/mol.